The summed E-state index contributed by atoms with van der Waals surface area (Å²) in [5.74, 6) is 0. The zero-order valence-corrected chi connectivity index (χ0v) is 30.7. The molecule has 1 aliphatic heterocycles. The number of ether oxygens (including phenoxy) is 1. The maximum Gasteiger partial charge on any atom is 0.165 e. The largest absolute Gasteiger partial charge is 0.361 e. The Labute approximate surface area is 287 Å². The van der Waals surface area contributed by atoms with Gasteiger partial charge in [0.25, 0.3) is 0 Å². The first-order valence-electron chi connectivity index (χ1n) is 17.9. The van der Waals surface area contributed by atoms with Crippen LogP contribution in [0.3, 0.4) is 0 Å². The first-order valence-corrected chi connectivity index (χ1v) is 21.6. The Balaban J connectivity index is 1.21. The molecule has 4 heterocycles. The molecule has 1 aliphatic carbocycles. The van der Waals surface area contributed by atoms with Gasteiger partial charge >= 0.3 is 0 Å². The summed E-state index contributed by atoms with van der Waals surface area (Å²) in [5, 5.41) is 10.8. The lowest BCUT2D eigenvalue weighted by atomic mass is 9.89. The average molecular weight is 658 g/mol. The molecule has 0 unspecified atom stereocenters. The summed E-state index contributed by atoms with van der Waals surface area (Å²) in [6.45, 7) is 16.7. The lowest BCUT2D eigenvalue weighted by Gasteiger charge is -2.41. The first kappa shape index (κ1) is 32.9. The molecule has 250 valence electrons. The van der Waals surface area contributed by atoms with Crippen LogP contribution in [-0.4, -0.2) is 57.5 Å². The van der Waals surface area contributed by atoms with Gasteiger partial charge in [-0.2, -0.15) is 0 Å². The quantitative estimate of drug-likeness (QED) is 0.0898. The third kappa shape index (κ3) is 6.78. The molecule has 3 aromatic heterocycles. The average Bonchev–Trinajstić information content (AvgIpc) is 3.63. The van der Waals surface area contributed by atoms with E-state index in [-0.39, 0.29) is 5.54 Å². The second-order valence-corrected chi connectivity index (χ2v) is 21.4. The second kappa shape index (κ2) is 13.3. The summed E-state index contributed by atoms with van der Waals surface area (Å²) in [5.41, 5.74) is 11.8. The molecule has 1 fully saturated rings. The molecule has 48 heavy (non-hydrogen) atoms. The number of fused-ring (bicyclic) bond motifs is 2. The first-order chi connectivity index (χ1) is 23.1. The molecule has 0 N–H and O–H groups in total. The molecule has 7 rings (SSSR count). The van der Waals surface area contributed by atoms with Crippen LogP contribution in [0.5, 0.6) is 0 Å². The van der Waals surface area contributed by atoms with Crippen molar-refractivity contribution in [2.45, 2.75) is 103 Å². The van der Waals surface area contributed by atoms with Gasteiger partial charge in [-0.15, -0.1) is 10.2 Å². The Morgan fingerprint density at radius 3 is 2.40 bits per heavy atom. The van der Waals surface area contributed by atoms with E-state index in [1.54, 1.807) is 0 Å². The van der Waals surface area contributed by atoms with Crippen LogP contribution >= 0.6 is 0 Å². The van der Waals surface area contributed by atoms with Crippen molar-refractivity contribution >= 4 is 19.1 Å². The Hall–Kier alpha value is -3.65. The molecule has 6 nitrogen and oxygen atoms in total. The van der Waals surface area contributed by atoms with Gasteiger partial charge in [0.2, 0.25) is 0 Å². The fraction of sp³-hybridized carbons (Fsp3) is 0.439. The van der Waals surface area contributed by atoms with Crippen LogP contribution in [0.25, 0.3) is 44.7 Å². The van der Waals surface area contributed by atoms with Gasteiger partial charge in [-0.3, -0.25) is 9.88 Å². The molecule has 2 aliphatic rings. The van der Waals surface area contributed by atoms with Crippen LogP contribution in [0.2, 0.25) is 25.7 Å². The van der Waals surface area contributed by atoms with Crippen molar-refractivity contribution in [3.05, 3.63) is 89.7 Å². The van der Waals surface area contributed by atoms with E-state index >= 15 is 0 Å². The summed E-state index contributed by atoms with van der Waals surface area (Å²) in [6, 6.07) is 23.9. The third-order valence-electron chi connectivity index (χ3n) is 10.9. The lowest BCUT2D eigenvalue weighted by molar-refractivity contribution is 0.0821. The molecule has 7 heteroatoms. The number of likely N-dealkylation sites (tertiary alicyclic amines) is 1. The molecule has 2 aromatic carbocycles. The predicted molar refractivity (Wildman–Crippen MR) is 201 cm³/mol. The van der Waals surface area contributed by atoms with Crippen LogP contribution in [0, 0.1) is 6.92 Å². The maximum atomic E-state index is 6.21. The van der Waals surface area contributed by atoms with Gasteiger partial charge in [-0.1, -0.05) is 62.1 Å². The van der Waals surface area contributed by atoms with Crippen molar-refractivity contribution in [3.63, 3.8) is 0 Å². The molecule has 5 aromatic rings. The minimum Gasteiger partial charge on any atom is -0.361 e. The van der Waals surface area contributed by atoms with Crippen molar-refractivity contribution in [1.82, 2.24) is 24.6 Å². The molecule has 0 bridgehead atoms. The highest BCUT2D eigenvalue weighted by Gasteiger charge is 2.38. The molecule has 0 radical (unpaired) electrons. The summed E-state index contributed by atoms with van der Waals surface area (Å²) in [7, 11) is -1.18. The number of hydrogen-bond donors (Lipinski definition) is 0. The number of pyridine rings is 1. The van der Waals surface area contributed by atoms with Crippen molar-refractivity contribution in [3.8, 4) is 33.6 Å². The molecular weight excluding hydrogens is 607 g/mol. The molecule has 1 saturated heterocycles. The Morgan fingerprint density at radius 1 is 0.917 bits per heavy atom. The van der Waals surface area contributed by atoms with Gasteiger partial charge < -0.3 is 9.30 Å². The highest BCUT2D eigenvalue weighted by Crippen LogP contribution is 2.38. The fourth-order valence-electron chi connectivity index (χ4n) is 7.91. The zero-order chi connectivity index (χ0) is 33.5. The molecule has 0 amide bonds. The Kier molecular flexibility index (Phi) is 9.13. The van der Waals surface area contributed by atoms with Crippen molar-refractivity contribution in [2.24, 2.45) is 0 Å². The van der Waals surface area contributed by atoms with E-state index in [1.165, 1.54) is 48.9 Å². The second-order valence-electron chi connectivity index (χ2n) is 15.7. The summed E-state index contributed by atoms with van der Waals surface area (Å²) < 4.78 is 8.34. The number of rotatable bonds is 9. The number of hydrogen-bond acceptors (Lipinski definition) is 5. The van der Waals surface area contributed by atoms with E-state index in [1.807, 2.05) is 12.3 Å². The van der Waals surface area contributed by atoms with Gasteiger partial charge in [0, 0.05) is 60.7 Å². The Bertz CT molecular complexity index is 1910. The number of benzene rings is 2. The highest BCUT2D eigenvalue weighted by atomic mass is 28.3. The molecule has 2 atom stereocenters. The molecule has 0 saturated carbocycles. The maximum absolute atomic E-state index is 6.21. The van der Waals surface area contributed by atoms with Crippen LogP contribution in [0.1, 0.15) is 56.2 Å². The van der Waals surface area contributed by atoms with E-state index < -0.39 is 8.07 Å². The smallest absolute Gasteiger partial charge is 0.165 e. The summed E-state index contributed by atoms with van der Waals surface area (Å²) in [6.07, 6.45) is 11.4. The van der Waals surface area contributed by atoms with Crippen LogP contribution in [0.4, 0.5) is 0 Å². The minimum absolute atomic E-state index is 0.271. The lowest BCUT2D eigenvalue weighted by Crippen LogP contribution is -2.48. The molecule has 0 spiro atoms. The third-order valence-corrected chi connectivity index (χ3v) is 12.6. The SMILES string of the molecule is Cc1cccnc1-c1ccc(-c2cn(COCC[Si](C)(C)C)c3nnc(-c4ccc5c(c4)CC[C@@](C)(N4CCC[C@H]4C)CC5)cc23)cc1. The van der Waals surface area contributed by atoms with E-state index in [4.69, 9.17) is 14.9 Å². The predicted octanol–water partition coefficient (Wildman–Crippen LogP) is 9.57. The van der Waals surface area contributed by atoms with Crippen LogP contribution in [0.15, 0.2) is 73.1 Å². The topological polar surface area (TPSA) is 56.1 Å². The van der Waals surface area contributed by atoms with Crippen LogP contribution < -0.4 is 0 Å². The van der Waals surface area contributed by atoms with Gasteiger partial charge in [0.15, 0.2) is 5.65 Å². The van der Waals surface area contributed by atoms with E-state index in [0.29, 0.717) is 12.8 Å². The molecular formula is C41H51N5OSi. The van der Waals surface area contributed by atoms with Gasteiger partial charge in [0.1, 0.15) is 6.73 Å². The number of aromatic nitrogens is 4. The van der Waals surface area contributed by atoms with Gasteiger partial charge in [-0.25, -0.2) is 0 Å². The van der Waals surface area contributed by atoms with E-state index in [0.717, 1.165) is 70.2 Å². The fourth-order valence-corrected chi connectivity index (χ4v) is 8.66. The summed E-state index contributed by atoms with van der Waals surface area (Å²) >= 11 is 0. The van der Waals surface area contributed by atoms with Crippen molar-refractivity contribution in [1.29, 1.82) is 0 Å². The van der Waals surface area contributed by atoms with Crippen molar-refractivity contribution in [2.75, 3.05) is 13.2 Å². The van der Waals surface area contributed by atoms with Gasteiger partial charge in [0.05, 0.1) is 11.4 Å². The summed E-state index contributed by atoms with van der Waals surface area (Å²) in [4.78, 5) is 7.43. The normalized spacial score (nSPS) is 20.2. The standard InChI is InChI=1S/C41H51N5OSi/c1-29-9-7-21-42-39(29)33-14-12-32(13-15-33)37-27-45(28-47-23-24-48(4,5)6)40-36(37)26-38(43-44-40)35-16-11-31-17-19-41(3,20-18-34(31)25-35)46-22-8-10-30(46)2/h7,9,11-16,21,25-27,30H,8,10,17-20,22-24,28H2,1-6H3/t30-,41+/m1/s1. The zero-order valence-electron chi connectivity index (χ0n) is 29.7. The number of nitrogens with zero attached hydrogens (tertiary/aromatic N) is 5. The van der Waals surface area contributed by atoms with Crippen LogP contribution in [-0.2, 0) is 24.3 Å². The van der Waals surface area contributed by atoms with Gasteiger partial charge in [-0.05, 0) is 112 Å². The monoisotopic (exact) mass is 657 g/mol. The van der Waals surface area contributed by atoms with E-state index in [9.17, 15) is 0 Å². The highest BCUT2D eigenvalue weighted by molar-refractivity contribution is 6.76. The van der Waals surface area contributed by atoms with Crippen molar-refractivity contribution < 1.29 is 4.74 Å². The minimum atomic E-state index is -1.18. The number of aryl methyl sites for hydroxylation is 3. The Morgan fingerprint density at radius 2 is 1.67 bits per heavy atom. The van der Waals surface area contributed by atoms with E-state index in [2.05, 4.69) is 116 Å².